The van der Waals surface area contributed by atoms with Crippen LogP contribution in [0.3, 0.4) is 0 Å². The van der Waals surface area contributed by atoms with Crippen LogP contribution in [-0.2, 0) is 10.8 Å². The summed E-state index contributed by atoms with van der Waals surface area (Å²) in [5.41, 5.74) is 6.88. The van der Waals surface area contributed by atoms with Crippen LogP contribution in [0.5, 0.6) is 0 Å². The first-order valence-electron chi connectivity index (χ1n) is 5.42. The van der Waals surface area contributed by atoms with Crippen LogP contribution in [0.2, 0.25) is 0 Å². The Hall–Kier alpha value is -0.620. The van der Waals surface area contributed by atoms with Gasteiger partial charge in [0.15, 0.2) is 0 Å². The average Bonchev–Trinajstić information content (AvgIpc) is 2.29. The summed E-state index contributed by atoms with van der Waals surface area (Å²) in [7, 11) is -0.673. The van der Waals surface area contributed by atoms with Crippen molar-refractivity contribution < 1.29 is 8.60 Å². The fourth-order valence-corrected chi connectivity index (χ4v) is 3.49. The largest absolute Gasteiger partial charge is 0.397 e. The molecular weight excluding hydrogens is 307 g/mol. The van der Waals surface area contributed by atoms with Gasteiger partial charge in [-0.1, -0.05) is 0 Å². The highest BCUT2D eigenvalue weighted by molar-refractivity contribution is 9.10. The quantitative estimate of drug-likeness (QED) is 0.823. The van der Waals surface area contributed by atoms with Crippen molar-refractivity contribution in [3.8, 4) is 0 Å². The lowest BCUT2D eigenvalue weighted by atomic mass is 10.1. The van der Waals surface area contributed by atoms with E-state index < -0.39 is 10.8 Å². The molecule has 1 aromatic rings. The molecule has 1 aromatic carbocycles. The molecule has 0 bridgehead atoms. The van der Waals surface area contributed by atoms with E-state index in [4.69, 9.17) is 5.73 Å². The van der Waals surface area contributed by atoms with Crippen LogP contribution >= 0.6 is 15.9 Å². The van der Waals surface area contributed by atoms with Crippen LogP contribution in [0.25, 0.3) is 0 Å². The highest BCUT2D eigenvalue weighted by Crippen LogP contribution is 2.28. The van der Waals surface area contributed by atoms with Crippen molar-refractivity contribution in [2.45, 2.75) is 18.9 Å². The van der Waals surface area contributed by atoms with Crippen molar-refractivity contribution in [1.82, 2.24) is 0 Å². The Labute approximate surface area is 111 Å². The minimum absolute atomic E-state index is 0.271. The number of halogens is 2. The summed E-state index contributed by atoms with van der Waals surface area (Å²) in [6.07, 6.45) is 1.72. The summed E-state index contributed by atoms with van der Waals surface area (Å²) < 4.78 is 24.8. The molecule has 6 heteroatoms. The molecule has 17 heavy (non-hydrogen) atoms. The van der Waals surface area contributed by atoms with E-state index in [1.165, 1.54) is 6.07 Å². The molecule has 0 spiro atoms. The Morgan fingerprint density at radius 2 is 2.06 bits per heavy atom. The van der Waals surface area contributed by atoms with Crippen LogP contribution in [0.15, 0.2) is 16.6 Å². The van der Waals surface area contributed by atoms with Gasteiger partial charge in [-0.05, 0) is 34.8 Å². The van der Waals surface area contributed by atoms with Gasteiger partial charge in [-0.15, -0.1) is 0 Å². The van der Waals surface area contributed by atoms with Gasteiger partial charge in [0.25, 0.3) is 0 Å². The summed E-state index contributed by atoms with van der Waals surface area (Å²) in [4.78, 5) is 0. The maximum atomic E-state index is 13.2. The topological polar surface area (TPSA) is 55.1 Å². The van der Waals surface area contributed by atoms with Gasteiger partial charge in [0, 0.05) is 34.4 Å². The molecule has 0 radical (unpaired) electrons. The molecule has 0 aromatic heterocycles. The molecule has 0 unspecified atom stereocenters. The van der Waals surface area contributed by atoms with Crippen molar-refractivity contribution in [2.75, 3.05) is 22.6 Å². The first-order valence-corrected chi connectivity index (χ1v) is 7.70. The van der Waals surface area contributed by atoms with Gasteiger partial charge < -0.3 is 11.1 Å². The zero-order chi connectivity index (χ0) is 12.4. The van der Waals surface area contributed by atoms with Crippen LogP contribution < -0.4 is 11.1 Å². The SMILES string of the molecule is Nc1cc(F)c(Br)cc1NC1CCS(=O)CC1. The normalized spacial score (nSPS) is 24.6. The van der Waals surface area contributed by atoms with Gasteiger partial charge in [-0.2, -0.15) is 0 Å². The van der Waals surface area contributed by atoms with Crippen molar-refractivity contribution in [1.29, 1.82) is 0 Å². The maximum Gasteiger partial charge on any atom is 0.139 e. The van der Waals surface area contributed by atoms with Crippen LogP contribution in [0.1, 0.15) is 12.8 Å². The smallest absolute Gasteiger partial charge is 0.139 e. The molecule has 1 saturated heterocycles. The summed E-state index contributed by atoms with van der Waals surface area (Å²) in [5, 5.41) is 3.28. The molecule has 1 aliphatic rings. The predicted octanol–water partition coefficient (Wildman–Crippen LogP) is 2.49. The summed E-state index contributed by atoms with van der Waals surface area (Å²) in [6.45, 7) is 0. The number of rotatable bonds is 2. The van der Waals surface area contributed by atoms with Gasteiger partial charge in [0.1, 0.15) is 5.82 Å². The van der Waals surface area contributed by atoms with Crippen molar-refractivity contribution in [3.05, 3.63) is 22.4 Å². The first kappa shape index (κ1) is 12.8. The molecule has 1 aliphatic heterocycles. The maximum absolute atomic E-state index is 13.2. The minimum Gasteiger partial charge on any atom is -0.397 e. The number of hydrogen-bond acceptors (Lipinski definition) is 3. The third-order valence-corrected chi connectivity index (χ3v) is 4.83. The monoisotopic (exact) mass is 320 g/mol. The molecule has 1 fully saturated rings. The highest BCUT2D eigenvalue weighted by Gasteiger charge is 2.18. The predicted molar refractivity (Wildman–Crippen MR) is 73.0 cm³/mol. The van der Waals surface area contributed by atoms with E-state index in [1.807, 2.05) is 0 Å². The Morgan fingerprint density at radius 3 is 2.71 bits per heavy atom. The second-order valence-corrected chi connectivity index (χ2v) is 6.67. The van der Waals surface area contributed by atoms with Gasteiger partial charge in [-0.3, -0.25) is 4.21 Å². The van der Waals surface area contributed by atoms with E-state index >= 15 is 0 Å². The molecule has 94 valence electrons. The molecule has 0 saturated carbocycles. The van der Waals surface area contributed by atoms with Crippen molar-refractivity contribution in [2.24, 2.45) is 0 Å². The first-order chi connectivity index (χ1) is 8.06. The fraction of sp³-hybridized carbons (Fsp3) is 0.455. The molecule has 3 N–H and O–H groups in total. The Bertz CT molecular complexity index is 445. The standard InChI is InChI=1S/C11H14BrFN2OS/c12-8-5-11(10(14)6-9(8)13)15-7-1-3-17(16)4-2-7/h5-7,15H,1-4,14H2. The van der Waals surface area contributed by atoms with E-state index in [0.717, 1.165) is 30.0 Å². The van der Waals surface area contributed by atoms with E-state index in [9.17, 15) is 8.60 Å². The summed E-state index contributed by atoms with van der Waals surface area (Å²) >= 11 is 3.14. The number of hydrogen-bond donors (Lipinski definition) is 2. The Kier molecular flexibility index (Phi) is 4.04. The second-order valence-electron chi connectivity index (χ2n) is 4.12. The molecule has 0 aliphatic carbocycles. The van der Waals surface area contributed by atoms with Crippen LogP contribution in [0, 0.1) is 5.82 Å². The minimum atomic E-state index is -0.673. The fourth-order valence-electron chi connectivity index (χ4n) is 1.85. The highest BCUT2D eigenvalue weighted by atomic mass is 79.9. The van der Waals surface area contributed by atoms with Gasteiger partial charge in [0.05, 0.1) is 15.8 Å². The number of nitrogens with two attached hydrogens (primary N) is 1. The second kappa shape index (κ2) is 5.35. The zero-order valence-electron chi connectivity index (χ0n) is 9.21. The lowest BCUT2D eigenvalue weighted by Crippen LogP contribution is -2.29. The molecule has 0 amide bonds. The van der Waals surface area contributed by atoms with E-state index in [1.54, 1.807) is 6.07 Å². The number of benzene rings is 1. The van der Waals surface area contributed by atoms with E-state index in [2.05, 4.69) is 21.2 Å². The third kappa shape index (κ3) is 3.19. The molecule has 1 heterocycles. The van der Waals surface area contributed by atoms with Gasteiger partial charge in [-0.25, -0.2) is 4.39 Å². The third-order valence-electron chi connectivity index (χ3n) is 2.84. The number of anilines is 2. The van der Waals surface area contributed by atoms with Crippen molar-refractivity contribution >= 4 is 38.1 Å². The zero-order valence-corrected chi connectivity index (χ0v) is 11.6. The Balaban J connectivity index is 2.08. The lowest BCUT2D eigenvalue weighted by molar-refractivity contribution is 0.618. The lowest BCUT2D eigenvalue weighted by Gasteiger charge is -2.24. The Morgan fingerprint density at radius 1 is 1.41 bits per heavy atom. The van der Waals surface area contributed by atoms with Crippen LogP contribution in [0.4, 0.5) is 15.8 Å². The molecular formula is C11H14BrFN2OS. The number of nitrogens with one attached hydrogen (secondary N) is 1. The molecule has 0 atom stereocenters. The average molecular weight is 321 g/mol. The van der Waals surface area contributed by atoms with Gasteiger partial charge >= 0.3 is 0 Å². The molecule has 2 rings (SSSR count). The molecule has 3 nitrogen and oxygen atoms in total. The van der Waals surface area contributed by atoms with E-state index in [0.29, 0.717) is 10.2 Å². The summed E-state index contributed by atoms with van der Waals surface area (Å²) in [5.74, 6) is 1.08. The van der Waals surface area contributed by atoms with Crippen LogP contribution in [-0.4, -0.2) is 21.8 Å². The number of nitrogen functional groups attached to an aromatic ring is 1. The van der Waals surface area contributed by atoms with Gasteiger partial charge in [0.2, 0.25) is 0 Å². The van der Waals surface area contributed by atoms with Crippen molar-refractivity contribution in [3.63, 3.8) is 0 Å². The summed E-state index contributed by atoms with van der Waals surface area (Å²) in [6, 6.07) is 3.22. The van der Waals surface area contributed by atoms with E-state index in [-0.39, 0.29) is 11.9 Å².